The van der Waals surface area contributed by atoms with Crippen LogP contribution in [0.1, 0.15) is 37.3 Å². The van der Waals surface area contributed by atoms with Gasteiger partial charge in [-0.15, -0.1) is 11.3 Å². The van der Waals surface area contributed by atoms with Gasteiger partial charge in [0, 0.05) is 31.1 Å². The monoisotopic (exact) mass is 411 g/mol. The molecule has 3 heterocycles. The summed E-state index contributed by atoms with van der Waals surface area (Å²) in [6.07, 6.45) is 3.25. The third kappa shape index (κ3) is 5.40. The van der Waals surface area contributed by atoms with Crippen LogP contribution in [0.25, 0.3) is 0 Å². The lowest BCUT2D eigenvalue weighted by atomic mass is 10.2. The molecule has 3 rings (SSSR count). The Bertz CT molecular complexity index is 823. The van der Waals surface area contributed by atoms with Gasteiger partial charge in [-0.3, -0.25) is 4.90 Å². The molecule has 1 atom stereocenters. The van der Waals surface area contributed by atoms with Crippen molar-refractivity contribution in [2.45, 2.75) is 57.6 Å². The summed E-state index contributed by atoms with van der Waals surface area (Å²) in [4.78, 5) is 7.81. The van der Waals surface area contributed by atoms with Crippen molar-refractivity contribution in [3.8, 4) is 0 Å². The standard InChI is InChI=1S/C19H29N3O3S2/c1-15(2)11-22-16(12-21(3)13-18-7-5-9-26-18)10-20-19(22)27(23,24)14-17-6-4-8-25-17/h5,7,9-10,15,17H,4,6,8,11-14H2,1-3H3/t17-/m0/s1. The van der Waals surface area contributed by atoms with Crippen molar-refractivity contribution in [3.63, 3.8) is 0 Å². The lowest BCUT2D eigenvalue weighted by Crippen LogP contribution is -2.25. The summed E-state index contributed by atoms with van der Waals surface area (Å²) >= 11 is 1.73. The molecule has 1 saturated heterocycles. The highest BCUT2D eigenvalue weighted by molar-refractivity contribution is 7.91. The first-order chi connectivity index (χ1) is 12.8. The van der Waals surface area contributed by atoms with Crippen LogP contribution in [-0.4, -0.2) is 48.4 Å². The molecule has 0 aromatic carbocycles. The Hall–Kier alpha value is -1.22. The molecule has 27 heavy (non-hydrogen) atoms. The van der Waals surface area contributed by atoms with Gasteiger partial charge in [-0.2, -0.15) is 0 Å². The second-order valence-corrected chi connectivity index (χ2v) is 10.7. The van der Waals surface area contributed by atoms with Crippen molar-refractivity contribution >= 4 is 21.2 Å². The van der Waals surface area contributed by atoms with Crippen molar-refractivity contribution < 1.29 is 13.2 Å². The topological polar surface area (TPSA) is 64.4 Å². The molecule has 0 bridgehead atoms. The average molecular weight is 412 g/mol. The van der Waals surface area contributed by atoms with Crippen molar-refractivity contribution in [2.75, 3.05) is 19.4 Å². The molecule has 8 heteroatoms. The fraction of sp³-hybridized carbons (Fsp3) is 0.632. The number of hydrogen-bond donors (Lipinski definition) is 0. The molecule has 0 amide bonds. The fourth-order valence-corrected chi connectivity index (χ4v) is 5.85. The normalized spacial score (nSPS) is 18.0. The highest BCUT2D eigenvalue weighted by Gasteiger charge is 2.29. The number of aromatic nitrogens is 2. The molecule has 1 aliphatic heterocycles. The third-order valence-electron chi connectivity index (χ3n) is 4.59. The Labute approximate surface area is 166 Å². The highest BCUT2D eigenvalue weighted by atomic mass is 32.2. The molecule has 0 spiro atoms. The van der Waals surface area contributed by atoms with E-state index in [2.05, 4.69) is 35.2 Å². The van der Waals surface area contributed by atoms with Crippen LogP contribution in [0.5, 0.6) is 0 Å². The van der Waals surface area contributed by atoms with E-state index < -0.39 is 9.84 Å². The molecule has 0 unspecified atom stereocenters. The minimum absolute atomic E-state index is 0.0204. The summed E-state index contributed by atoms with van der Waals surface area (Å²) in [6, 6.07) is 4.16. The summed E-state index contributed by atoms with van der Waals surface area (Å²) < 4.78 is 33.4. The largest absolute Gasteiger partial charge is 0.377 e. The SMILES string of the molecule is CC(C)Cn1c(CN(C)Cc2cccs2)cnc1S(=O)(=O)C[C@@H]1CCCO1. The Morgan fingerprint density at radius 3 is 2.85 bits per heavy atom. The van der Waals surface area contributed by atoms with E-state index in [-0.39, 0.29) is 17.0 Å². The minimum atomic E-state index is -3.47. The van der Waals surface area contributed by atoms with Crippen LogP contribution >= 0.6 is 11.3 Å². The number of sulfone groups is 1. The van der Waals surface area contributed by atoms with E-state index in [4.69, 9.17) is 4.74 Å². The maximum Gasteiger partial charge on any atom is 0.227 e. The van der Waals surface area contributed by atoms with Crippen LogP contribution in [0.4, 0.5) is 0 Å². The van der Waals surface area contributed by atoms with Crippen LogP contribution in [0.15, 0.2) is 28.9 Å². The number of nitrogens with zero attached hydrogens (tertiary/aromatic N) is 3. The first kappa shape index (κ1) is 20.5. The summed E-state index contributed by atoms with van der Waals surface area (Å²) in [5.41, 5.74) is 0.939. The molecule has 150 valence electrons. The van der Waals surface area contributed by atoms with Gasteiger partial charge < -0.3 is 9.30 Å². The van der Waals surface area contributed by atoms with Crippen molar-refractivity contribution in [1.82, 2.24) is 14.5 Å². The van der Waals surface area contributed by atoms with Gasteiger partial charge >= 0.3 is 0 Å². The van der Waals surface area contributed by atoms with E-state index in [1.807, 2.05) is 17.7 Å². The maximum atomic E-state index is 13.0. The molecule has 0 aliphatic carbocycles. The molecule has 0 saturated carbocycles. The van der Waals surface area contributed by atoms with E-state index in [1.165, 1.54) is 4.88 Å². The van der Waals surface area contributed by atoms with E-state index in [9.17, 15) is 8.42 Å². The highest BCUT2D eigenvalue weighted by Crippen LogP contribution is 2.22. The predicted octanol–water partition coefficient (Wildman–Crippen LogP) is 3.19. The van der Waals surface area contributed by atoms with Crippen LogP contribution in [0, 0.1) is 5.92 Å². The van der Waals surface area contributed by atoms with Crippen LogP contribution in [0.3, 0.4) is 0 Å². The van der Waals surface area contributed by atoms with Gasteiger partial charge in [0.1, 0.15) is 0 Å². The Kier molecular flexibility index (Phi) is 6.73. The van der Waals surface area contributed by atoms with Crippen LogP contribution in [-0.2, 0) is 34.2 Å². The van der Waals surface area contributed by atoms with Gasteiger partial charge in [0.25, 0.3) is 0 Å². The number of rotatable bonds is 9. The predicted molar refractivity (Wildman–Crippen MR) is 108 cm³/mol. The van der Waals surface area contributed by atoms with Crippen molar-refractivity contribution in [3.05, 3.63) is 34.3 Å². The van der Waals surface area contributed by atoms with Crippen molar-refractivity contribution in [2.24, 2.45) is 5.92 Å². The molecule has 1 aliphatic rings. The molecule has 2 aromatic heterocycles. The number of imidazole rings is 1. The van der Waals surface area contributed by atoms with E-state index >= 15 is 0 Å². The first-order valence-electron chi connectivity index (χ1n) is 9.45. The maximum absolute atomic E-state index is 13.0. The average Bonchev–Trinajstić information content (AvgIpc) is 3.31. The summed E-state index contributed by atoms with van der Waals surface area (Å²) in [6.45, 7) is 6.97. The molecule has 2 aromatic rings. The molecular weight excluding hydrogens is 382 g/mol. The van der Waals surface area contributed by atoms with Gasteiger partial charge in [0.05, 0.1) is 23.7 Å². The lowest BCUT2D eigenvalue weighted by Gasteiger charge is -2.19. The second kappa shape index (κ2) is 8.86. The summed E-state index contributed by atoms with van der Waals surface area (Å²) in [5.74, 6) is 0.351. The van der Waals surface area contributed by atoms with Gasteiger partial charge in [0.2, 0.25) is 15.0 Å². The van der Waals surface area contributed by atoms with Crippen LogP contribution < -0.4 is 0 Å². The number of thiophene rings is 1. The summed E-state index contributed by atoms with van der Waals surface area (Å²) in [7, 11) is -1.43. The number of hydrogen-bond acceptors (Lipinski definition) is 6. The van der Waals surface area contributed by atoms with Gasteiger partial charge in [-0.25, -0.2) is 13.4 Å². The van der Waals surface area contributed by atoms with Crippen LogP contribution in [0.2, 0.25) is 0 Å². The Morgan fingerprint density at radius 1 is 1.41 bits per heavy atom. The molecule has 1 fully saturated rings. The number of ether oxygens (including phenoxy) is 1. The van der Waals surface area contributed by atoms with E-state index in [1.54, 1.807) is 17.5 Å². The van der Waals surface area contributed by atoms with E-state index in [0.717, 1.165) is 25.1 Å². The lowest BCUT2D eigenvalue weighted by molar-refractivity contribution is 0.127. The zero-order chi connectivity index (χ0) is 19.4. The zero-order valence-electron chi connectivity index (χ0n) is 16.3. The molecule has 6 nitrogen and oxygen atoms in total. The van der Waals surface area contributed by atoms with E-state index in [0.29, 0.717) is 25.6 Å². The fourth-order valence-electron chi connectivity index (χ4n) is 3.42. The Morgan fingerprint density at radius 2 is 2.22 bits per heavy atom. The molecule has 0 radical (unpaired) electrons. The molecular formula is C19H29N3O3S2. The summed E-state index contributed by atoms with van der Waals surface area (Å²) in [5, 5.41) is 2.26. The quantitative estimate of drug-likeness (QED) is 0.634. The second-order valence-electron chi connectivity index (χ2n) is 7.70. The smallest absolute Gasteiger partial charge is 0.227 e. The van der Waals surface area contributed by atoms with Crippen molar-refractivity contribution in [1.29, 1.82) is 0 Å². The zero-order valence-corrected chi connectivity index (χ0v) is 17.9. The third-order valence-corrected chi connectivity index (χ3v) is 7.15. The van der Waals surface area contributed by atoms with Gasteiger partial charge in [0.15, 0.2) is 0 Å². The Balaban J connectivity index is 1.79. The minimum Gasteiger partial charge on any atom is -0.377 e. The van der Waals surface area contributed by atoms with Gasteiger partial charge in [-0.05, 0) is 37.3 Å². The van der Waals surface area contributed by atoms with Gasteiger partial charge in [-0.1, -0.05) is 19.9 Å². The first-order valence-corrected chi connectivity index (χ1v) is 12.0. The molecule has 0 N–H and O–H groups in total.